The van der Waals surface area contributed by atoms with Crippen molar-refractivity contribution >= 4 is 28.6 Å². The van der Waals surface area contributed by atoms with E-state index < -0.39 is 18.2 Å². The lowest BCUT2D eigenvalue weighted by Gasteiger charge is -2.30. The van der Waals surface area contributed by atoms with Crippen molar-refractivity contribution in [2.75, 3.05) is 23.4 Å². The van der Waals surface area contributed by atoms with Crippen LogP contribution in [0.5, 0.6) is 0 Å². The molecular weight excluding hydrogens is 466 g/mol. The van der Waals surface area contributed by atoms with Gasteiger partial charge in [-0.3, -0.25) is 9.25 Å². The summed E-state index contributed by atoms with van der Waals surface area (Å²) >= 11 is 0. The van der Waals surface area contributed by atoms with E-state index in [1.807, 2.05) is 12.1 Å². The van der Waals surface area contributed by atoms with Gasteiger partial charge in [0, 0.05) is 24.3 Å². The Morgan fingerprint density at radius 3 is 2.61 bits per heavy atom. The van der Waals surface area contributed by atoms with Crippen LogP contribution in [0.4, 0.5) is 25.1 Å². The average Bonchev–Trinajstić information content (AvgIpc) is 3.66. The summed E-state index contributed by atoms with van der Waals surface area (Å²) in [4.78, 5) is 20.2. The first-order valence-electron chi connectivity index (χ1n) is 12.9. The van der Waals surface area contributed by atoms with Gasteiger partial charge in [0.05, 0.1) is 30.5 Å². The third-order valence-electron chi connectivity index (χ3n) is 8.20. The number of fused-ring (bicyclic) bond motifs is 3. The summed E-state index contributed by atoms with van der Waals surface area (Å²) in [5.74, 6) is 2.08. The van der Waals surface area contributed by atoms with Gasteiger partial charge in [0.2, 0.25) is 0 Å². The summed E-state index contributed by atoms with van der Waals surface area (Å²) in [6.45, 7) is 5.93. The van der Waals surface area contributed by atoms with E-state index >= 15 is 0 Å². The molecule has 3 fully saturated rings. The summed E-state index contributed by atoms with van der Waals surface area (Å²) in [6.07, 6.45) is 5.53. The van der Waals surface area contributed by atoms with E-state index in [9.17, 15) is 13.6 Å². The molecule has 1 N–H and O–H groups in total. The lowest BCUT2D eigenvalue weighted by Crippen LogP contribution is -2.37. The van der Waals surface area contributed by atoms with Crippen LogP contribution in [0.15, 0.2) is 30.6 Å². The molecule has 8 nitrogen and oxygen atoms in total. The van der Waals surface area contributed by atoms with Crippen molar-refractivity contribution in [1.29, 1.82) is 0 Å². The Morgan fingerprint density at radius 1 is 1.14 bits per heavy atom. The van der Waals surface area contributed by atoms with Crippen molar-refractivity contribution in [2.45, 2.75) is 70.6 Å². The zero-order valence-electron chi connectivity index (χ0n) is 20.6. The molecule has 0 aromatic carbocycles. The number of nitrogens with zero attached hydrogens (tertiary/aromatic N) is 5. The van der Waals surface area contributed by atoms with Gasteiger partial charge in [-0.2, -0.15) is 5.10 Å². The Kier molecular flexibility index (Phi) is 5.94. The first-order valence-corrected chi connectivity index (χ1v) is 12.9. The fraction of sp³-hybridized carbons (Fsp3) is 0.577. The Morgan fingerprint density at radius 2 is 1.94 bits per heavy atom. The highest BCUT2D eigenvalue weighted by atomic mass is 19.3. The second-order valence-electron chi connectivity index (χ2n) is 10.7. The summed E-state index contributed by atoms with van der Waals surface area (Å²) in [7, 11) is 0. The molecule has 1 aliphatic carbocycles. The normalized spacial score (nSPS) is 26.0. The van der Waals surface area contributed by atoms with Crippen LogP contribution < -0.4 is 10.2 Å². The molecule has 5 heterocycles. The molecule has 2 aliphatic heterocycles. The molecule has 0 unspecified atom stereocenters. The number of hydrogen-bond donors (Lipinski definition) is 1. The molecule has 3 aromatic rings. The van der Waals surface area contributed by atoms with Crippen molar-refractivity contribution in [3.05, 3.63) is 36.3 Å². The van der Waals surface area contributed by atoms with Gasteiger partial charge >= 0.3 is 6.03 Å². The number of ether oxygens (including phenoxy) is 1. The summed E-state index contributed by atoms with van der Waals surface area (Å²) in [6, 6.07) is 5.52. The van der Waals surface area contributed by atoms with Crippen LogP contribution in [-0.2, 0) is 4.74 Å². The fourth-order valence-electron chi connectivity index (χ4n) is 6.06. The Balaban J connectivity index is 1.23. The predicted octanol–water partition coefficient (Wildman–Crippen LogP) is 5.62. The van der Waals surface area contributed by atoms with Gasteiger partial charge in [-0.1, -0.05) is 13.8 Å². The van der Waals surface area contributed by atoms with Gasteiger partial charge in [-0.15, -0.1) is 0 Å². The number of aromatic nitrogens is 4. The number of hydrogen-bond acceptors (Lipinski definition) is 5. The molecule has 6 rings (SSSR count). The van der Waals surface area contributed by atoms with Crippen molar-refractivity contribution in [3.8, 4) is 0 Å². The minimum atomic E-state index is -2.78. The topological polar surface area (TPSA) is 77.2 Å². The maximum Gasteiger partial charge on any atom is 0.331 e. The lowest BCUT2D eigenvalue weighted by atomic mass is 9.80. The van der Waals surface area contributed by atoms with Crippen LogP contribution in [0.25, 0.3) is 11.0 Å². The number of carbonyl (C=O) groups is 1. The number of carbonyl (C=O) groups excluding carboxylic acids is 1. The van der Waals surface area contributed by atoms with Gasteiger partial charge in [-0.05, 0) is 62.1 Å². The standard InChI is InChI=1S/C26H32F2N6O2/c1-15(2)16-3-6-18(7-4-16)34-13-21(23(31-34)24(27)28)29-26(35)32-10-9-17-5-8-22(30-25(17)32)33-12-20-11-19(33)14-36-20/h5,8-10,13,15-16,18-20,24H,3-4,6-7,11-12,14H2,1-2H3,(H,29,35)/t16?,18?,19-,20-/m0/s1. The van der Waals surface area contributed by atoms with Gasteiger partial charge in [0.1, 0.15) is 5.82 Å². The average molecular weight is 499 g/mol. The van der Waals surface area contributed by atoms with E-state index in [-0.39, 0.29) is 17.8 Å². The molecule has 1 amide bonds. The molecule has 1 saturated carbocycles. The minimum Gasteiger partial charge on any atom is -0.374 e. The molecular formula is C26H32F2N6O2. The molecule has 2 bridgehead atoms. The van der Waals surface area contributed by atoms with Crippen molar-refractivity contribution in [2.24, 2.45) is 11.8 Å². The number of anilines is 2. The molecule has 0 radical (unpaired) electrons. The fourth-order valence-corrected chi connectivity index (χ4v) is 6.06. The van der Waals surface area contributed by atoms with Gasteiger partial charge < -0.3 is 15.0 Å². The van der Waals surface area contributed by atoms with Crippen LogP contribution in [0.3, 0.4) is 0 Å². The second-order valence-corrected chi connectivity index (χ2v) is 10.7. The molecule has 36 heavy (non-hydrogen) atoms. The minimum absolute atomic E-state index is 0.0491. The van der Waals surface area contributed by atoms with Crippen molar-refractivity contribution in [1.82, 2.24) is 19.3 Å². The van der Waals surface area contributed by atoms with Gasteiger partial charge in [-0.25, -0.2) is 18.6 Å². The monoisotopic (exact) mass is 498 g/mol. The molecule has 2 saturated heterocycles. The maximum atomic E-state index is 13.9. The number of amides is 1. The number of rotatable bonds is 5. The van der Waals surface area contributed by atoms with Crippen LogP contribution in [-0.4, -0.2) is 50.7 Å². The van der Waals surface area contributed by atoms with Gasteiger partial charge in [0.15, 0.2) is 11.3 Å². The molecule has 3 aromatic heterocycles. The van der Waals surface area contributed by atoms with E-state index in [2.05, 4.69) is 29.2 Å². The number of pyridine rings is 1. The van der Waals surface area contributed by atoms with E-state index in [4.69, 9.17) is 9.72 Å². The Labute approximate surface area is 208 Å². The van der Waals surface area contributed by atoms with E-state index in [1.54, 1.807) is 23.1 Å². The SMILES string of the molecule is CC(C)C1CCC(n2cc(NC(=O)n3ccc4ccc(N5C[C@@H]6C[C@H]5CO6)nc43)c(C(F)F)n2)CC1. The molecule has 10 heteroatoms. The number of alkyl halides is 2. The Bertz CT molecular complexity index is 1260. The number of morpholine rings is 1. The Hall–Kier alpha value is -3.01. The first-order chi connectivity index (χ1) is 17.4. The van der Waals surface area contributed by atoms with Crippen LogP contribution >= 0.6 is 0 Å². The molecule has 3 aliphatic rings. The van der Waals surface area contributed by atoms with Crippen molar-refractivity contribution in [3.63, 3.8) is 0 Å². The quantitative estimate of drug-likeness (QED) is 0.494. The van der Waals surface area contributed by atoms with E-state index in [0.717, 1.165) is 49.9 Å². The highest BCUT2D eigenvalue weighted by Crippen LogP contribution is 2.37. The highest BCUT2D eigenvalue weighted by Gasteiger charge is 2.39. The first kappa shape index (κ1) is 23.4. The number of halogens is 2. The summed E-state index contributed by atoms with van der Waals surface area (Å²) < 4.78 is 36.4. The summed E-state index contributed by atoms with van der Waals surface area (Å²) in [5.41, 5.74) is 0.146. The zero-order valence-corrected chi connectivity index (χ0v) is 20.6. The lowest BCUT2D eigenvalue weighted by molar-refractivity contribution is 0.0989. The molecule has 2 atom stereocenters. The van der Waals surface area contributed by atoms with Crippen LogP contribution in [0.1, 0.15) is 64.1 Å². The summed E-state index contributed by atoms with van der Waals surface area (Å²) in [5, 5.41) is 7.68. The molecule has 192 valence electrons. The van der Waals surface area contributed by atoms with Crippen molar-refractivity contribution < 1.29 is 18.3 Å². The van der Waals surface area contributed by atoms with E-state index in [0.29, 0.717) is 30.1 Å². The smallest absolute Gasteiger partial charge is 0.331 e. The highest BCUT2D eigenvalue weighted by molar-refractivity contribution is 5.97. The van der Waals surface area contributed by atoms with Gasteiger partial charge in [0.25, 0.3) is 6.43 Å². The van der Waals surface area contributed by atoms with Crippen LogP contribution in [0, 0.1) is 11.8 Å². The molecule has 0 spiro atoms. The second kappa shape index (κ2) is 9.14. The third-order valence-corrected chi connectivity index (χ3v) is 8.20. The largest absolute Gasteiger partial charge is 0.374 e. The van der Waals surface area contributed by atoms with Crippen LogP contribution in [0.2, 0.25) is 0 Å². The third kappa shape index (κ3) is 4.15. The zero-order chi connectivity index (χ0) is 25.0. The van der Waals surface area contributed by atoms with E-state index in [1.165, 1.54) is 4.57 Å². The number of nitrogens with one attached hydrogen (secondary N) is 1. The maximum absolute atomic E-state index is 13.9. The predicted molar refractivity (Wildman–Crippen MR) is 133 cm³/mol.